The number of carboxylic acids is 2. The SMILES string of the molecule is CC(C)(C)OC(=O)C(CCC(F)(F)C(N)(C(=O)O)C(=O)OC(C)(C)C)C(=O)O. The van der Waals surface area contributed by atoms with E-state index in [2.05, 4.69) is 4.74 Å². The number of hydrogen-bond acceptors (Lipinski definition) is 7. The third-order valence-electron chi connectivity index (χ3n) is 3.37. The van der Waals surface area contributed by atoms with Crippen molar-refractivity contribution in [3.8, 4) is 0 Å². The van der Waals surface area contributed by atoms with Crippen LogP contribution < -0.4 is 5.73 Å². The van der Waals surface area contributed by atoms with E-state index in [-0.39, 0.29) is 0 Å². The molecular formula is C17H27F2NO8. The minimum atomic E-state index is -4.42. The lowest BCUT2D eigenvalue weighted by molar-refractivity contribution is -0.190. The number of carboxylic acid groups (broad SMARTS) is 2. The highest BCUT2D eigenvalue weighted by Crippen LogP contribution is 2.35. The largest absolute Gasteiger partial charge is 0.481 e. The van der Waals surface area contributed by atoms with Gasteiger partial charge < -0.3 is 25.4 Å². The Kier molecular flexibility index (Phi) is 7.69. The fourth-order valence-corrected chi connectivity index (χ4v) is 1.99. The van der Waals surface area contributed by atoms with Crippen LogP contribution in [0, 0.1) is 5.92 Å². The van der Waals surface area contributed by atoms with Crippen LogP contribution in [-0.2, 0) is 28.7 Å². The Balaban J connectivity index is 5.64. The number of rotatable bonds is 8. The Morgan fingerprint density at radius 2 is 1.36 bits per heavy atom. The van der Waals surface area contributed by atoms with Gasteiger partial charge in [0.05, 0.1) is 0 Å². The minimum absolute atomic E-state index is 1.01. The van der Waals surface area contributed by atoms with Crippen LogP contribution in [0.15, 0.2) is 0 Å². The first kappa shape index (κ1) is 25.7. The van der Waals surface area contributed by atoms with Crippen LogP contribution in [0.4, 0.5) is 8.78 Å². The van der Waals surface area contributed by atoms with Gasteiger partial charge in [0.15, 0.2) is 5.92 Å². The standard InChI is InChI=1S/C17H27F2NO8/c1-14(2,3)27-11(23)9(10(21)22)7-8-16(18,19)17(20,12(24)25)13(26)28-15(4,5)6/h9H,7-8,20H2,1-6H3,(H,21,22)(H,24,25). The summed E-state index contributed by atoms with van der Waals surface area (Å²) in [6.07, 6.45) is -2.49. The predicted octanol–water partition coefficient (Wildman–Crippen LogP) is 1.57. The molecule has 0 aromatic heterocycles. The Hall–Kier alpha value is -2.30. The molecule has 2 atom stereocenters. The first-order valence-corrected chi connectivity index (χ1v) is 8.34. The number of carbonyl (C=O) groups excluding carboxylic acids is 2. The van der Waals surface area contributed by atoms with E-state index >= 15 is 0 Å². The molecule has 0 radical (unpaired) electrons. The molecule has 2 unspecified atom stereocenters. The van der Waals surface area contributed by atoms with Crippen molar-refractivity contribution in [2.24, 2.45) is 11.7 Å². The zero-order valence-corrected chi connectivity index (χ0v) is 16.7. The zero-order valence-electron chi connectivity index (χ0n) is 16.7. The number of alkyl halides is 2. The molecule has 162 valence electrons. The second-order valence-corrected chi connectivity index (χ2v) is 8.28. The number of ether oxygens (including phenoxy) is 2. The van der Waals surface area contributed by atoms with Crippen molar-refractivity contribution in [2.45, 2.75) is 77.0 Å². The minimum Gasteiger partial charge on any atom is -0.481 e. The summed E-state index contributed by atoms with van der Waals surface area (Å²) in [6, 6.07) is 0. The lowest BCUT2D eigenvalue weighted by Crippen LogP contribution is -2.68. The Morgan fingerprint density at radius 1 is 0.929 bits per heavy atom. The summed E-state index contributed by atoms with van der Waals surface area (Å²) in [7, 11) is 0. The van der Waals surface area contributed by atoms with E-state index in [1.807, 2.05) is 0 Å². The molecule has 4 N–H and O–H groups in total. The number of hydrogen-bond donors (Lipinski definition) is 3. The van der Waals surface area contributed by atoms with Gasteiger partial charge in [0.1, 0.15) is 11.2 Å². The molecule has 0 rings (SSSR count). The summed E-state index contributed by atoms with van der Waals surface area (Å²) in [6.45, 7) is 8.35. The average Bonchev–Trinajstić information content (AvgIpc) is 2.41. The van der Waals surface area contributed by atoms with Gasteiger partial charge in [-0.1, -0.05) is 0 Å². The van der Waals surface area contributed by atoms with Gasteiger partial charge in [-0.25, -0.2) is 18.4 Å². The normalized spacial score (nSPS) is 15.9. The molecule has 0 heterocycles. The van der Waals surface area contributed by atoms with Crippen molar-refractivity contribution >= 4 is 23.9 Å². The first-order valence-electron chi connectivity index (χ1n) is 8.34. The molecule has 0 aromatic carbocycles. The fourth-order valence-electron chi connectivity index (χ4n) is 1.99. The van der Waals surface area contributed by atoms with Crippen molar-refractivity contribution in [2.75, 3.05) is 0 Å². The van der Waals surface area contributed by atoms with Gasteiger partial charge in [0, 0.05) is 6.42 Å². The molecule has 0 amide bonds. The van der Waals surface area contributed by atoms with Crippen molar-refractivity contribution in [3.05, 3.63) is 0 Å². The third-order valence-corrected chi connectivity index (χ3v) is 3.37. The van der Waals surface area contributed by atoms with Crippen LogP contribution in [0.25, 0.3) is 0 Å². The highest BCUT2D eigenvalue weighted by Gasteiger charge is 2.64. The maximum absolute atomic E-state index is 14.6. The van der Waals surface area contributed by atoms with E-state index in [4.69, 9.17) is 20.7 Å². The van der Waals surface area contributed by atoms with E-state index in [1.165, 1.54) is 41.5 Å². The van der Waals surface area contributed by atoms with Gasteiger partial charge in [-0.3, -0.25) is 9.59 Å². The van der Waals surface area contributed by atoms with Crippen molar-refractivity contribution < 1.29 is 47.6 Å². The number of esters is 2. The molecule has 0 saturated carbocycles. The van der Waals surface area contributed by atoms with Crippen LogP contribution >= 0.6 is 0 Å². The number of nitrogens with two attached hydrogens (primary N) is 1. The van der Waals surface area contributed by atoms with E-state index in [9.17, 15) is 28.0 Å². The molecular weight excluding hydrogens is 384 g/mol. The van der Waals surface area contributed by atoms with Gasteiger partial charge in [-0.05, 0) is 48.0 Å². The summed E-state index contributed by atoms with van der Waals surface area (Å²) in [5, 5.41) is 18.3. The van der Waals surface area contributed by atoms with E-state index < -0.39 is 65.3 Å². The number of halogens is 2. The van der Waals surface area contributed by atoms with E-state index in [1.54, 1.807) is 0 Å². The highest BCUT2D eigenvalue weighted by molar-refractivity contribution is 6.05. The van der Waals surface area contributed by atoms with Crippen molar-refractivity contribution in [1.29, 1.82) is 0 Å². The Labute approximate surface area is 161 Å². The van der Waals surface area contributed by atoms with Crippen LogP contribution in [0.3, 0.4) is 0 Å². The highest BCUT2D eigenvalue weighted by atomic mass is 19.3. The number of carbonyl (C=O) groups is 4. The molecule has 0 aliphatic carbocycles. The molecule has 0 aliphatic heterocycles. The fraction of sp³-hybridized carbons (Fsp3) is 0.765. The smallest absolute Gasteiger partial charge is 0.344 e. The lowest BCUT2D eigenvalue weighted by Gasteiger charge is -2.34. The van der Waals surface area contributed by atoms with Crippen LogP contribution in [-0.4, -0.2) is 56.8 Å². The molecule has 0 spiro atoms. The van der Waals surface area contributed by atoms with Gasteiger partial charge in [0.2, 0.25) is 0 Å². The third kappa shape index (κ3) is 6.70. The quantitative estimate of drug-likeness (QED) is 0.399. The van der Waals surface area contributed by atoms with Crippen LogP contribution in [0.2, 0.25) is 0 Å². The maximum atomic E-state index is 14.6. The topological polar surface area (TPSA) is 153 Å². The Morgan fingerprint density at radius 3 is 1.68 bits per heavy atom. The molecule has 0 saturated heterocycles. The molecule has 11 heteroatoms. The van der Waals surface area contributed by atoms with E-state index in [0.717, 1.165) is 0 Å². The summed E-state index contributed by atoms with van der Waals surface area (Å²) in [5.74, 6) is -13.7. The molecule has 0 aromatic rings. The first-order chi connectivity index (χ1) is 12.2. The molecule has 9 nitrogen and oxygen atoms in total. The number of aliphatic carboxylic acids is 2. The summed E-state index contributed by atoms with van der Waals surface area (Å²) < 4.78 is 38.8. The van der Waals surface area contributed by atoms with Gasteiger partial charge in [-0.15, -0.1) is 0 Å². The van der Waals surface area contributed by atoms with Gasteiger partial charge >= 0.3 is 23.9 Å². The second-order valence-electron chi connectivity index (χ2n) is 8.28. The van der Waals surface area contributed by atoms with E-state index in [0.29, 0.717) is 0 Å². The molecule has 28 heavy (non-hydrogen) atoms. The summed E-state index contributed by atoms with van der Waals surface area (Å²) >= 11 is 0. The van der Waals surface area contributed by atoms with Crippen LogP contribution in [0.1, 0.15) is 54.4 Å². The monoisotopic (exact) mass is 411 g/mol. The maximum Gasteiger partial charge on any atom is 0.344 e. The lowest BCUT2D eigenvalue weighted by atomic mass is 9.86. The molecule has 0 bridgehead atoms. The molecule has 0 aliphatic rings. The van der Waals surface area contributed by atoms with Gasteiger partial charge in [-0.2, -0.15) is 0 Å². The predicted molar refractivity (Wildman–Crippen MR) is 91.6 cm³/mol. The average molecular weight is 411 g/mol. The van der Waals surface area contributed by atoms with Crippen LogP contribution in [0.5, 0.6) is 0 Å². The summed E-state index contributed by atoms with van der Waals surface area (Å²) in [5.41, 5.74) is -0.910. The Bertz CT molecular complexity index is 636. The van der Waals surface area contributed by atoms with Crippen molar-refractivity contribution in [3.63, 3.8) is 0 Å². The van der Waals surface area contributed by atoms with Crippen molar-refractivity contribution in [1.82, 2.24) is 0 Å². The molecule has 0 fully saturated rings. The zero-order chi connectivity index (χ0) is 22.7. The van der Waals surface area contributed by atoms with Gasteiger partial charge in [0.25, 0.3) is 11.5 Å². The second kappa shape index (κ2) is 8.38. The summed E-state index contributed by atoms with van der Waals surface area (Å²) in [4.78, 5) is 46.6.